The lowest BCUT2D eigenvalue weighted by Gasteiger charge is -2.16. The van der Waals surface area contributed by atoms with Crippen LogP contribution in [-0.4, -0.2) is 16.0 Å². The van der Waals surface area contributed by atoms with Crippen LogP contribution in [0.1, 0.15) is 43.2 Å². The Kier molecular flexibility index (Phi) is 3.33. The number of nitrogens with two attached hydrogens (primary N) is 1. The van der Waals surface area contributed by atoms with Crippen LogP contribution in [0.4, 0.5) is 0 Å². The number of rotatable bonds is 3. The molecule has 5 heteroatoms. The van der Waals surface area contributed by atoms with Gasteiger partial charge in [0.05, 0.1) is 4.75 Å². The summed E-state index contributed by atoms with van der Waals surface area (Å²) in [7, 11) is 0. The third kappa shape index (κ3) is 2.40. The Morgan fingerprint density at radius 1 is 1.32 bits per heavy atom. The van der Waals surface area contributed by atoms with E-state index < -0.39 is 0 Å². The van der Waals surface area contributed by atoms with Crippen molar-refractivity contribution in [1.82, 2.24) is 10.2 Å². The van der Waals surface area contributed by atoms with Crippen LogP contribution in [-0.2, 0) is 4.75 Å². The Hall–Kier alpha value is -1.33. The summed E-state index contributed by atoms with van der Waals surface area (Å²) in [6, 6.07) is 9.48. The highest BCUT2D eigenvalue weighted by atomic mass is 32.2. The normalized spacial score (nSPS) is 24.5. The van der Waals surface area contributed by atoms with Crippen molar-refractivity contribution in [3.8, 4) is 0 Å². The Balaban J connectivity index is 1.85. The molecule has 2 unspecified atom stereocenters. The van der Waals surface area contributed by atoms with Crippen molar-refractivity contribution in [3.63, 3.8) is 0 Å². The number of hydrogen-bond acceptors (Lipinski definition) is 5. The first kappa shape index (κ1) is 12.7. The second-order valence-electron chi connectivity index (χ2n) is 5.02. The van der Waals surface area contributed by atoms with Crippen molar-refractivity contribution < 1.29 is 4.42 Å². The summed E-state index contributed by atoms with van der Waals surface area (Å²) < 4.78 is 5.78. The summed E-state index contributed by atoms with van der Waals surface area (Å²) in [5, 5.41) is 8.33. The molecule has 1 aromatic heterocycles. The molecule has 100 valence electrons. The zero-order chi connectivity index (χ0) is 13.3. The molecule has 1 fully saturated rings. The van der Waals surface area contributed by atoms with Crippen LogP contribution in [0.25, 0.3) is 0 Å². The number of nitrogens with zero attached hydrogens (tertiary/aromatic N) is 2. The zero-order valence-electron chi connectivity index (χ0n) is 10.9. The molecule has 1 aliphatic rings. The molecule has 2 atom stereocenters. The largest absolute Gasteiger partial charge is 0.422 e. The van der Waals surface area contributed by atoms with Gasteiger partial charge in [-0.05, 0) is 31.1 Å². The van der Waals surface area contributed by atoms with Gasteiger partial charge in [-0.1, -0.05) is 30.3 Å². The predicted molar refractivity (Wildman–Crippen MR) is 75.8 cm³/mol. The monoisotopic (exact) mass is 275 g/mol. The highest BCUT2D eigenvalue weighted by molar-refractivity contribution is 8.00. The molecule has 0 aliphatic carbocycles. The molecule has 0 saturated carbocycles. The Morgan fingerprint density at radius 2 is 2.11 bits per heavy atom. The third-order valence-corrected chi connectivity index (χ3v) is 5.05. The Morgan fingerprint density at radius 3 is 2.79 bits per heavy atom. The summed E-state index contributed by atoms with van der Waals surface area (Å²) in [6.07, 6.45) is 2.28. The van der Waals surface area contributed by atoms with Gasteiger partial charge in [-0.3, -0.25) is 0 Å². The lowest BCUT2D eigenvalue weighted by atomic mass is 10.1. The first-order valence-electron chi connectivity index (χ1n) is 6.47. The van der Waals surface area contributed by atoms with Gasteiger partial charge in [0, 0.05) is 0 Å². The average molecular weight is 275 g/mol. The molecule has 2 N–H and O–H groups in total. The van der Waals surface area contributed by atoms with Crippen LogP contribution in [0.15, 0.2) is 34.7 Å². The van der Waals surface area contributed by atoms with Crippen molar-refractivity contribution in [3.05, 3.63) is 47.7 Å². The van der Waals surface area contributed by atoms with E-state index in [-0.39, 0.29) is 10.8 Å². The van der Waals surface area contributed by atoms with Gasteiger partial charge in [0.25, 0.3) is 0 Å². The van der Waals surface area contributed by atoms with Crippen LogP contribution in [0.3, 0.4) is 0 Å². The molecule has 3 rings (SSSR count). The quantitative estimate of drug-likeness (QED) is 0.933. The molecular formula is C14H17N3OS. The number of aromatic nitrogens is 2. The average Bonchev–Trinajstić information content (AvgIpc) is 3.08. The fourth-order valence-electron chi connectivity index (χ4n) is 2.32. The van der Waals surface area contributed by atoms with Gasteiger partial charge in [0.1, 0.15) is 6.04 Å². The Bertz CT molecular complexity index is 549. The van der Waals surface area contributed by atoms with E-state index in [0.717, 1.165) is 17.7 Å². The molecule has 0 bridgehead atoms. The smallest absolute Gasteiger partial charge is 0.237 e. The van der Waals surface area contributed by atoms with Gasteiger partial charge < -0.3 is 10.2 Å². The van der Waals surface area contributed by atoms with Crippen LogP contribution < -0.4 is 5.73 Å². The molecule has 1 saturated heterocycles. The van der Waals surface area contributed by atoms with E-state index in [2.05, 4.69) is 17.1 Å². The van der Waals surface area contributed by atoms with E-state index in [4.69, 9.17) is 10.2 Å². The van der Waals surface area contributed by atoms with Crippen molar-refractivity contribution >= 4 is 11.8 Å². The molecule has 2 aromatic rings. The highest BCUT2D eigenvalue weighted by Crippen LogP contribution is 2.45. The van der Waals surface area contributed by atoms with Crippen molar-refractivity contribution in [2.45, 2.75) is 30.6 Å². The van der Waals surface area contributed by atoms with Crippen molar-refractivity contribution in [1.29, 1.82) is 0 Å². The molecule has 19 heavy (non-hydrogen) atoms. The minimum Gasteiger partial charge on any atom is -0.422 e. The van der Waals surface area contributed by atoms with Gasteiger partial charge in [-0.2, -0.15) is 0 Å². The highest BCUT2D eigenvalue weighted by Gasteiger charge is 2.37. The molecule has 0 radical (unpaired) electrons. The third-order valence-electron chi connectivity index (χ3n) is 3.54. The zero-order valence-corrected chi connectivity index (χ0v) is 11.7. The molecule has 2 heterocycles. The second-order valence-corrected chi connectivity index (χ2v) is 6.61. The molecule has 4 nitrogen and oxygen atoms in total. The van der Waals surface area contributed by atoms with E-state index in [0.29, 0.717) is 11.8 Å². The molecule has 1 aliphatic heterocycles. The van der Waals surface area contributed by atoms with E-state index in [9.17, 15) is 0 Å². The van der Waals surface area contributed by atoms with Gasteiger partial charge in [0.15, 0.2) is 0 Å². The predicted octanol–water partition coefficient (Wildman–Crippen LogP) is 2.86. The van der Waals surface area contributed by atoms with Gasteiger partial charge >= 0.3 is 0 Å². The first-order valence-corrected chi connectivity index (χ1v) is 7.46. The summed E-state index contributed by atoms with van der Waals surface area (Å²) in [5.41, 5.74) is 7.16. The maximum absolute atomic E-state index is 6.17. The number of hydrogen-bond donors (Lipinski definition) is 1. The lowest BCUT2D eigenvalue weighted by molar-refractivity contribution is 0.392. The van der Waals surface area contributed by atoms with Gasteiger partial charge in [-0.15, -0.1) is 22.0 Å². The van der Waals surface area contributed by atoms with Crippen LogP contribution in [0.2, 0.25) is 0 Å². The fourth-order valence-corrected chi connectivity index (χ4v) is 3.56. The van der Waals surface area contributed by atoms with Crippen LogP contribution >= 0.6 is 11.8 Å². The van der Waals surface area contributed by atoms with Crippen LogP contribution in [0, 0.1) is 0 Å². The molecular weight excluding hydrogens is 258 g/mol. The van der Waals surface area contributed by atoms with E-state index >= 15 is 0 Å². The first-order chi connectivity index (χ1) is 9.19. The van der Waals surface area contributed by atoms with Crippen molar-refractivity contribution in [2.75, 3.05) is 5.75 Å². The minimum atomic E-state index is -0.350. The second kappa shape index (κ2) is 4.98. The van der Waals surface area contributed by atoms with Crippen molar-refractivity contribution in [2.24, 2.45) is 5.73 Å². The van der Waals surface area contributed by atoms with Gasteiger partial charge in [0.2, 0.25) is 11.8 Å². The minimum absolute atomic E-state index is 0.0400. The van der Waals surface area contributed by atoms with E-state index in [1.807, 2.05) is 42.1 Å². The summed E-state index contributed by atoms with van der Waals surface area (Å²) in [5.74, 6) is 2.35. The van der Waals surface area contributed by atoms with E-state index in [1.54, 1.807) is 0 Å². The fraction of sp³-hybridized carbons (Fsp3) is 0.429. The number of benzene rings is 1. The Labute approximate surface area is 116 Å². The number of thioether (sulfide) groups is 1. The summed E-state index contributed by atoms with van der Waals surface area (Å²) in [6.45, 7) is 2.16. The topological polar surface area (TPSA) is 64.9 Å². The standard InChI is InChI=1S/C14H17N3OS/c1-14(8-5-9-19-14)13-17-16-12(18-13)11(15)10-6-3-2-4-7-10/h2-4,6-7,11H,5,8-9,15H2,1H3. The maximum Gasteiger partial charge on any atom is 0.237 e. The molecule has 1 aromatic carbocycles. The maximum atomic E-state index is 6.17. The molecule has 0 amide bonds. The van der Waals surface area contributed by atoms with Crippen LogP contribution in [0.5, 0.6) is 0 Å². The lowest BCUT2D eigenvalue weighted by Crippen LogP contribution is -2.13. The SMILES string of the molecule is CC1(c2nnc(C(N)c3ccccc3)o2)CCCS1. The summed E-state index contributed by atoms with van der Waals surface area (Å²) >= 11 is 1.88. The summed E-state index contributed by atoms with van der Waals surface area (Å²) in [4.78, 5) is 0. The molecule has 0 spiro atoms. The van der Waals surface area contributed by atoms with E-state index in [1.165, 1.54) is 6.42 Å². The van der Waals surface area contributed by atoms with Gasteiger partial charge in [-0.25, -0.2) is 0 Å².